The van der Waals surface area contributed by atoms with Crippen molar-refractivity contribution in [1.82, 2.24) is 4.72 Å². The van der Waals surface area contributed by atoms with Gasteiger partial charge in [-0.15, -0.1) is 0 Å². The van der Waals surface area contributed by atoms with E-state index in [0.29, 0.717) is 17.5 Å². The van der Waals surface area contributed by atoms with Crippen LogP contribution in [-0.2, 0) is 10.0 Å². The smallest absolute Gasteiger partial charge is 0.240 e. The van der Waals surface area contributed by atoms with E-state index in [1.165, 1.54) is 18.2 Å². The summed E-state index contributed by atoms with van der Waals surface area (Å²) >= 11 is 5.90. The molecule has 1 aromatic carbocycles. The van der Waals surface area contributed by atoms with Crippen LogP contribution in [0.25, 0.3) is 0 Å². The van der Waals surface area contributed by atoms with Gasteiger partial charge in [0.25, 0.3) is 0 Å². The van der Waals surface area contributed by atoms with Crippen molar-refractivity contribution < 1.29 is 8.42 Å². The molecule has 4 nitrogen and oxygen atoms in total. The Morgan fingerprint density at radius 3 is 2.65 bits per heavy atom. The summed E-state index contributed by atoms with van der Waals surface area (Å²) in [6.07, 6.45) is 3.10. The molecular weight excluding hydrogens is 296 g/mol. The standard InChI is InChI=1S/C14H21ClN2O2S/c1-9-4-3-5-14(10(9)2)17-20(18,19)11-6-7-13(16)12(15)8-11/h6-10,14,17H,3-5,16H2,1-2H3. The van der Waals surface area contributed by atoms with Crippen LogP contribution in [0.5, 0.6) is 0 Å². The zero-order chi connectivity index (χ0) is 14.9. The Morgan fingerprint density at radius 1 is 1.30 bits per heavy atom. The molecule has 0 bridgehead atoms. The SMILES string of the molecule is CC1CCCC(NS(=O)(=O)c2ccc(N)c(Cl)c2)C1C. The molecule has 3 N–H and O–H groups in total. The third kappa shape index (κ3) is 3.27. The fourth-order valence-electron chi connectivity index (χ4n) is 2.69. The highest BCUT2D eigenvalue weighted by molar-refractivity contribution is 7.89. The van der Waals surface area contributed by atoms with E-state index in [-0.39, 0.29) is 16.0 Å². The molecule has 3 unspecified atom stereocenters. The highest BCUT2D eigenvalue weighted by Crippen LogP contribution is 2.31. The van der Waals surface area contributed by atoms with E-state index < -0.39 is 10.0 Å². The first-order chi connectivity index (χ1) is 9.31. The van der Waals surface area contributed by atoms with Gasteiger partial charge in [0, 0.05) is 6.04 Å². The van der Waals surface area contributed by atoms with Crippen LogP contribution in [0, 0.1) is 11.8 Å². The van der Waals surface area contributed by atoms with E-state index in [9.17, 15) is 8.42 Å². The quantitative estimate of drug-likeness (QED) is 0.842. The van der Waals surface area contributed by atoms with Crippen LogP contribution >= 0.6 is 11.6 Å². The maximum Gasteiger partial charge on any atom is 0.240 e. The molecule has 2 rings (SSSR count). The zero-order valence-corrected chi connectivity index (χ0v) is 13.3. The van der Waals surface area contributed by atoms with Gasteiger partial charge in [0.2, 0.25) is 10.0 Å². The van der Waals surface area contributed by atoms with Gasteiger partial charge in [-0.05, 0) is 36.5 Å². The van der Waals surface area contributed by atoms with Crippen LogP contribution in [0.3, 0.4) is 0 Å². The maximum atomic E-state index is 12.4. The van der Waals surface area contributed by atoms with E-state index >= 15 is 0 Å². The van der Waals surface area contributed by atoms with Crippen LogP contribution in [0.15, 0.2) is 23.1 Å². The number of halogens is 1. The molecule has 0 amide bonds. The first-order valence-corrected chi connectivity index (χ1v) is 8.74. The highest BCUT2D eigenvalue weighted by atomic mass is 35.5. The van der Waals surface area contributed by atoms with E-state index in [2.05, 4.69) is 18.6 Å². The van der Waals surface area contributed by atoms with Crippen molar-refractivity contribution in [1.29, 1.82) is 0 Å². The van der Waals surface area contributed by atoms with Gasteiger partial charge < -0.3 is 5.73 Å². The Balaban J connectivity index is 2.20. The molecule has 1 aliphatic carbocycles. The van der Waals surface area contributed by atoms with Crippen molar-refractivity contribution in [2.45, 2.75) is 44.0 Å². The number of nitrogen functional groups attached to an aromatic ring is 1. The molecule has 0 radical (unpaired) electrons. The molecule has 0 aliphatic heterocycles. The van der Waals surface area contributed by atoms with Gasteiger partial charge in [-0.2, -0.15) is 0 Å². The van der Waals surface area contributed by atoms with Gasteiger partial charge in [-0.1, -0.05) is 38.3 Å². The van der Waals surface area contributed by atoms with Crippen molar-refractivity contribution >= 4 is 27.3 Å². The fraction of sp³-hybridized carbons (Fsp3) is 0.571. The average Bonchev–Trinajstić information content (AvgIpc) is 2.38. The second-order valence-electron chi connectivity index (χ2n) is 5.68. The van der Waals surface area contributed by atoms with Crippen LogP contribution in [0.1, 0.15) is 33.1 Å². The Bertz CT molecular complexity index is 589. The summed E-state index contributed by atoms with van der Waals surface area (Å²) < 4.78 is 27.6. The minimum absolute atomic E-state index is 0.0138. The number of nitrogens with one attached hydrogen (secondary N) is 1. The first-order valence-electron chi connectivity index (χ1n) is 6.88. The molecule has 3 atom stereocenters. The van der Waals surface area contributed by atoms with Gasteiger partial charge >= 0.3 is 0 Å². The molecule has 1 fully saturated rings. The highest BCUT2D eigenvalue weighted by Gasteiger charge is 2.30. The predicted octanol–water partition coefficient (Wildman–Crippen LogP) is 3.03. The van der Waals surface area contributed by atoms with Crippen molar-refractivity contribution in [3.63, 3.8) is 0 Å². The normalized spacial score (nSPS) is 27.4. The molecular formula is C14H21ClN2O2S. The van der Waals surface area contributed by atoms with Crippen LogP contribution in [-0.4, -0.2) is 14.5 Å². The third-order valence-electron chi connectivity index (χ3n) is 4.30. The predicted molar refractivity (Wildman–Crippen MR) is 82.2 cm³/mol. The fourth-order valence-corrected chi connectivity index (χ4v) is 4.32. The number of benzene rings is 1. The van der Waals surface area contributed by atoms with E-state index in [1.54, 1.807) is 0 Å². The summed E-state index contributed by atoms with van der Waals surface area (Å²) in [4.78, 5) is 0.169. The monoisotopic (exact) mass is 316 g/mol. The Labute approximate surface area is 125 Å². The first kappa shape index (κ1) is 15.6. The van der Waals surface area contributed by atoms with Crippen molar-refractivity contribution in [2.24, 2.45) is 11.8 Å². The Hall–Kier alpha value is -0.780. The second kappa shape index (κ2) is 5.92. The largest absolute Gasteiger partial charge is 0.398 e. The topological polar surface area (TPSA) is 72.2 Å². The number of hydrogen-bond acceptors (Lipinski definition) is 3. The van der Waals surface area contributed by atoms with Crippen LogP contribution in [0.2, 0.25) is 5.02 Å². The number of rotatable bonds is 3. The maximum absolute atomic E-state index is 12.4. The minimum atomic E-state index is -3.55. The molecule has 0 spiro atoms. The molecule has 0 heterocycles. The summed E-state index contributed by atoms with van der Waals surface area (Å²) in [5, 5.41) is 0.262. The molecule has 20 heavy (non-hydrogen) atoms. The minimum Gasteiger partial charge on any atom is -0.398 e. The Kier molecular flexibility index (Phi) is 4.62. The van der Waals surface area contributed by atoms with Crippen LogP contribution in [0.4, 0.5) is 5.69 Å². The van der Waals surface area contributed by atoms with Crippen molar-refractivity contribution in [3.05, 3.63) is 23.2 Å². The summed E-state index contributed by atoms with van der Waals surface area (Å²) in [7, 11) is -3.55. The number of anilines is 1. The lowest BCUT2D eigenvalue weighted by atomic mass is 9.78. The molecule has 0 saturated heterocycles. The zero-order valence-electron chi connectivity index (χ0n) is 11.8. The van der Waals surface area contributed by atoms with E-state index in [4.69, 9.17) is 17.3 Å². The summed E-state index contributed by atoms with van der Waals surface area (Å²) in [6, 6.07) is 4.39. The molecule has 112 valence electrons. The van der Waals surface area contributed by atoms with Gasteiger partial charge in [0.05, 0.1) is 15.6 Å². The van der Waals surface area contributed by atoms with E-state index in [0.717, 1.165) is 19.3 Å². The average molecular weight is 317 g/mol. The molecule has 6 heteroatoms. The second-order valence-corrected chi connectivity index (χ2v) is 7.80. The lowest BCUT2D eigenvalue weighted by molar-refractivity contribution is 0.227. The number of nitrogens with two attached hydrogens (primary N) is 1. The third-order valence-corrected chi connectivity index (χ3v) is 6.11. The molecule has 1 aliphatic rings. The van der Waals surface area contributed by atoms with Crippen LogP contribution < -0.4 is 10.5 Å². The number of hydrogen-bond donors (Lipinski definition) is 2. The molecule has 0 aromatic heterocycles. The van der Waals surface area contributed by atoms with Crippen molar-refractivity contribution in [3.8, 4) is 0 Å². The Morgan fingerprint density at radius 2 is 2.00 bits per heavy atom. The summed E-state index contributed by atoms with van der Waals surface area (Å²) in [6.45, 7) is 4.28. The lowest BCUT2D eigenvalue weighted by Crippen LogP contribution is -2.43. The van der Waals surface area contributed by atoms with Gasteiger partial charge in [0.15, 0.2) is 0 Å². The molecule has 1 aromatic rings. The van der Waals surface area contributed by atoms with Crippen molar-refractivity contribution in [2.75, 3.05) is 5.73 Å². The lowest BCUT2D eigenvalue weighted by Gasteiger charge is -2.34. The van der Waals surface area contributed by atoms with Gasteiger partial charge in [-0.25, -0.2) is 13.1 Å². The summed E-state index contributed by atoms with van der Waals surface area (Å²) in [5.74, 6) is 0.870. The number of sulfonamides is 1. The molecule has 1 saturated carbocycles. The van der Waals surface area contributed by atoms with Gasteiger partial charge in [0.1, 0.15) is 0 Å². The van der Waals surface area contributed by atoms with E-state index in [1.807, 2.05) is 0 Å². The van der Waals surface area contributed by atoms with Gasteiger partial charge in [-0.3, -0.25) is 0 Å². The summed E-state index contributed by atoms with van der Waals surface area (Å²) in [5.41, 5.74) is 5.99.